The number of amides is 1. The van der Waals surface area contributed by atoms with Gasteiger partial charge in [0.2, 0.25) is 11.8 Å². The highest BCUT2D eigenvalue weighted by molar-refractivity contribution is 5.85. The molecule has 1 amide bonds. The van der Waals surface area contributed by atoms with Gasteiger partial charge < -0.3 is 15.4 Å². The van der Waals surface area contributed by atoms with Gasteiger partial charge in [0.15, 0.2) is 0 Å². The summed E-state index contributed by atoms with van der Waals surface area (Å²) in [5.41, 5.74) is 0.903. The van der Waals surface area contributed by atoms with Gasteiger partial charge in [0.1, 0.15) is 11.6 Å². The molecule has 2 atom stereocenters. The monoisotopic (exact) mass is 441 g/mol. The van der Waals surface area contributed by atoms with E-state index in [1.54, 1.807) is 24.4 Å². The summed E-state index contributed by atoms with van der Waals surface area (Å²) in [4.78, 5) is 16.5. The van der Waals surface area contributed by atoms with E-state index in [0.717, 1.165) is 18.4 Å². The number of rotatable bonds is 6. The van der Waals surface area contributed by atoms with Crippen LogP contribution in [0.25, 0.3) is 0 Å². The van der Waals surface area contributed by atoms with Gasteiger partial charge in [0.05, 0.1) is 0 Å². The summed E-state index contributed by atoms with van der Waals surface area (Å²) in [6.45, 7) is 0.448. The van der Waals surface area contributed by atoms with Crippen LogP contribution in [0.2, 0.25) is 0 Å². The first-order valence-corrected chi connectivity index (χ1v) is 9.55. The lowest BCUT2D eigenvalue weighted by Gasteiger charge is -2.28. The van der Waals surface area contributed by atoms with Crippen LogP contribution in [0.5, 0.6) is 11.6 Å². The van der Waals surface area contributed by atoms with Crippen LogP contribution >= 0.6 is 24.8 Å². The molecular weight excluding hydrogens is 416 g/mol. The van der Waals surface area contributed by atoms with Crippen molar-refractivity contribution in [1.29, 1.82) is 0 Å². The van der Waals surface area contributed by atoms with Gasteiger partial charge in [-0.1, -0.05) is 12.1 Å². The molecule has 158 valence electrons. The van der Waals surface area contributed by atoms with E-state index >= 15 is 0 Å². The Labute approximate surface area is 182 Å². The minimum atomic E-state index is -0.353. The number of benzene rings is 1. The van der Waals surface area contributed by atoms with E-state index in [-0.39, 0.29) is 36.5 Å². The molecule has 2 bridgehead atoms. The first-order valence-electron chi connectivity index (χ1n) is 9.55. The van der Waals surface area contributed by atoms with Crippen LogP contribution < -0.4 is 15.4 Å². The number of hydrogen-bond donors (Lipinski definition) is 2. The number of pyridine rings is 1. The Balaban J connectivity index is 0.00000150. The Kier molecular flexibility index (Phi) is 8.68. The second-order valence-electron chi connectivity index (χ2n) is 7.52. The Morgan fingerprint density at radius 1 is 1.17 bits per heavy atom. The van der Waals surface area contributed by atoms with E-state index in [1.807, 2.05) is 6.07 Å². The molecular formula is C21H26Cl2FN3O2. The van der Waals surface area contributed by atoms with Crippen LogP contribution in [0.15, 0.2) is 42.6 Å². The average molecular weight is 442 g/mol. The fourth-order valence-electron chi connectivity index (χ4n) is 4.10. The number of nitrogens with one attached hydrogen (secondary N) is 2. The molecule has 2 unspecified atom stereocenters. The molecule has 2 aliphatic rings. The highest BCUT2D eigenvalue weighted by Crippen LogP contribution is 2.32. The molecule has 2 saturated heterocycles. The van der Waals surface area contributed by atoms with Crippen LogP contribution in [0.1, 0.15) is 37.7 Å². The van der Waals surface area contributed by atoms with E-state index in [9.17, 15) is 9.18 Å². The molecule has 4 rings (SSSR count). The van der Waals surface area contributed by atoms with Gasteiger partial charge in [-0.25, -0.2) is 9.37 Å². The molecule has 5 nitrogen and oxygen atoms in total. The number of aromatic nitrogens is 1. The van der Waals surface area contributed by atoms with Crippen LogP contribution in [0.3, 0.4) is 0 Å². The second kappa shape index (κ2) is 10.8. The molecule has 0 saturated carbocycles. The van der Waals surface area contributed by atoms with Crippen molar-refractivity contribution >= 4 is 30.7 Å². The summed E-state index contributed by atoms with van der Waals surface area (Å²) in [7, 11) is 0. The van der Waals surface area contributed by atoms with Crippen molar-refractivity contribution in [2.45, 2.75) is 50.7 Å². The topological polar surface area (TPSA) is 63.2 Å². The highest BCUT2D eigenvalue weighted by Gasteiger charge is 2.34. The van der Waals surface area contributed by atoms with E-state index in [4.69, 9.17) is 4.74 Å². The predicted molar refractivity (Wildman–Crippen MR) is 114 cm³/mol. The van der Waals surface area contributed by atoms with Gasteiger partial charge in [-0.2, -0.15) is 0 Å². The summed E-state index contributed by atoms with van der Waals surface area (Å²) in [6, 6.07) is 10.7. The summed E-state index contributed by atoms with van der Waals surface area (Å²) in [6.07, 6.45) is 6.98. The van der Waals surface area contributed by atoms with Crippen LogP contribution in [-0.4, -0.2) is 23.0 Å². The smallest absolute Gasteiger partial charge is 0.220 e. The van der Waals surface area contributed by atoms with Crippen molar-refractivity contribution in [3.05, 3.63) is 54.0 Å². The van der Waals surface area contributed by atoms with E-state index in [1.165, 1.54) is 25.0 Å². The van der Waals surface area contributed by atoms with Gasteiger partial charge in [0.25, 0.3) is 0 Å². The lowest BCUT2D eigenvalue weighted by atomic mass is 9.89. The van der Waals surface area contributed by atoms with Crippen molar-refractivity contribution in [2.24, 2.45) is 5.92 Å². The fourth-order valence-corrected chi connectivity index (χ4v) is 4.10. The maximum Gasteiger partial charge on any atom is 0.220 e. The van der Waals surface area contributed by atoms with Crippen LogP contribution in [-0.2, 0) is 11.3 Å². The van der Waals surface area contributed by atoms with Crippen molar-refractivity contribution in [2.75, 3.05) is 0 Å². The number of ether oxygens (including phenoxy) is 1. The van der Waals surface area contributed by atoms with Crippen molar-refractivity contribution < 1.29 is 13.9 Å². The Bertz CT molecular complexity index is 795. The molecule has 2 aromatic rings. The average Bonchev–Trinajstić information content (AvgIpc) is 2.99. The molecule has 8 heteroatoms. The molecule has 2 N–H and O–H groups in total. The number of carbonyl (C=O) groups excluding carboxylic acids is 1. The quantitative estimate of drug-likeness (QED) is 0.697. The lowest BCUT2D eigenvalue weighted by molar-refractivity contribution is -0.122. The fraction of sp³-hybridized carbons (Fsp3) is 0.429. The Hall–Kier alpha value is -1.89. The summed E-state index contributed by atoms with van der Waals surface area (Å²) >= 11 is 0. The third-order valence-corrected chi connectivity index (χ3v) is 5.35. The number of halogens is 3. The van der Waals surface area contributed by atoms with Crippen LogP contribution in [0, 0.1) is 11.7 Å². The van der Waals surface area contributed by atoms with Gasteiger partial charge in [0, 0.05) is 43.4 Å². The van der Waals surface area contributed by atoms with Gasteiger partial charge in [-0.3, -0.25) is 4.79 Å². The molecule has 3 heterocycles. The van der Waals surface area contributed by atoms with Crippen molar-refractivity contribution in [3.63, 3.8) is 0 Å². The standard InChI is InChI=1S/C21H24FN3O2.2ClH/c22-16-2-1-3-19(11-16)27-21-7-4-14(13-24-21)12-23-20(26)10-15-8-17-5-6-18(9-15)25-17;;/h1-4,7,11,13,15,17-18,25H,5-6,8-10,12H2,(H,23,26);2*1H. The first kappa shape index (κ1) is 23.4. The second-order valence-corrected chi connectivity index (χ2v) is 7.52. The molecule has 0 spiro atoms. The van der Waals surface area contributed by atoms with E-state index in [0.29, 0.717) is 42.6 Å². The molecule has 1 aromatic carbocycles. The SMILES string of the molecule is Cl.Cl.O=C(CC1CC2CCC(C1)N2)NCc1ccc(Oc2cccc(F)c2)nc1. The predicted octanol–water partition coefficient (Wildman–Crippen LogP) is 4.39. The zero-order valence-electron chi connectivity index (χ0n) is 16.0. The molecule has 1 aromatic heterocycles. The summed E-state index contributed by atoms with van der Waals surface area (Å²) in [5, 5.41) is 6.59. The maximum absolute atomic E-state index is 13.2. The zero-order chi connectivity index (χ0) is 18.6. The normalized spacial score (nSPS) is 22.2. The number of fused-ring (bicyclic) bond motifs is 2. The van der Waals surface area contributed by atoms with E-state index in [2.05, 4.69) is 15.6 Å². The van der Waals surface area contributed by atoms with Gasteiger partial charge >= 0.3 is 0 Å². The third kappa shape index (κ3) is 6.56. The number of piperidine rings is 1. The molecule has 0 radical (unpaired) electrons. The number of hydrogen-bond acceptors (Lipinski definition) is 4. The first-order chi connectivity index (χ1) is 13.1. The number of nitrogens with zero attached hydrogens (tertiary/aromatic N) is 1. The van der Waals surface area contributed by atoms with Gasteiger partial charge in [-0.15, -0.1) is 24.8 Å². The van der Waals surface area contributed by atoms with E-state index < -0.39 is 0 Å². The summed E-state index contributed by atoms with van der Waals surface area (Å²) in [5.74, 6) is 1.03. The Morgan fingerprint density at radius 3 is 2.59 bits per heavy atom. The minimum absolute atomic E-state index is 0. The summed E-state index contributed by atoms with van der Waals surface area (Å²) < 4.78 is 18.7. The minimum Gasteiger partial charge on any atom is -0.439 e. The van der Waals surface area contributed by atoms with Crippen molar-refractivity contribution in [1.82, 2.24) is 15.6 Å². The highest BCUT2D eigenvalue weighted by atomic mass is 35.5. The number of carbonyl (C=O) groups is 1. The maximum atomic E-state index is 13.2. The largest absolute Gasteiger partial charge is 0.439 e. The third-order valence-electron chi connectivity index (χ3n) is 5.35. The molecule has 29 heavy (non-hydrogen) atoms. The Morgan fingerprint density at radius 2 is 1.93 bits per heavy atom. The lowest BCUT2D eigenvalue weighted by Crippen LogP contribution is -2.39. The molecule has 2 aliphatic heterocycles. The zero-order valence-corrected chi connectivity index (χ0v) is 17.6. The van der Waals surface area contributed by atoms with Crippen LogP contribution in [0.4, 0.5) is 4.39 Å². The molecule has 2 fully saturated rings. The van der Waals surface area contributed by atoms with Crippen molar-refractivity contribution in [3.8, 4) is 11.6 Å². The molecule has 0 aliphatic carbocycles. The van der Waals surface area contributed by atoms with Gasteiger partial charge in [-0.05, 0) is 49.3 Å².